The van der Waals surface area contributed by atoms with Gasteiger partial charge in [-0.15, -0.1) is 0 Å². The number of carbonyl (C=O) groups excluding carboxylic acids is 3. The van der Waals surface area contributed by atoms with Crippen molar-refractivity contribution in [2.24, 2.45) is 23.5 Å². The number of primary amides is 1. The molecule has 1 aliphatic heterocycles. The van der Waals surface area contributed by atoms with Crippen molar-refractivity contribution in [1.82, 2.24) is 9.88 Å². The molecule has 8 heteroatoms. The standard InChI is InChI=1S/C25H33N3O5/c26-25(31)32-15-12-18(22(29)23-27-20-10-4-5-11-21(20)33-23)19(16-17-8-2-1-3-9-17)24(30)28-13-6-7-14-28/h4-5,10-11,17-19H,1-3,6-9,12-16H2,(H2,26,31). The van der Waals surface area contributed by atoms with Gasteiger partial charge in [-0.05, 0) is 43.7 Å². The van der Waals surface area contributed by atoms with Crippen LogP contribution in [0.4, 0.5) is 4.79 Å². The third-order valence-electron chi connectivity index (χ3n) is 7.05. The zero-order valence-electron chi connectivity index (χ0n) is 19.0. The molecule has 2 N–H and O–H groups in total. The van der Waals surface area contributed by atoms with Crippen LogP contribution in [0.1, 0.15) is 68.5 Å². The van der Waals surface area contributed by atoms with Crippen LogP contribution < -0.4 is 5.73 Å². The highest BCUT2D eigenvalue weighted by Gasteiger charge is 2.40. The van der Waals surface area contributed by atoms with Crippen molar-refractivity contribution in [2.75, 3.05) is 19.7 Å². The second-order valence-corrected chi connectivity index (χ2v) is 9.29. The number of likely N-dealkylation sites (tertiary alicyclic amines) is 1. The molecule has 1 aromatic carbocycles. The molecule has 178 valence electrons. The summed E-state index contributed by atoms with van der Waals surface area (Å²) in [7, 11) is 0. The Kier molecular flexibility index (Phi) is 7.62. The first-order chi connectivity index (χ1) is 16.0. The maximum atomic E-state index is 13.7. The zero-order valence-corrected chi connectivity index (χ0v) is 19.0. The summed E-state index contributed by atoms with van der Waals surface area (Å²) in [5.74, 6) is -1.06. The molecular formula is C25H33N3O5. The number of hydrogen-bond acceptors (Lipinski definition) is 6. The molecule has 0 spiro atoms. The predicted molar refractivity (Wildman–Crippen MR) is 122 cm³/mol. The van der Waals surface area contributed by atoms with Crippen LogP contribution in [0.25, 0.3) is 11.1 Å². The van der Waals surface area contributed by atoms with Crippen molar-refractivity contribution >= 4 is 28.9 Å². The van der Waals surface area contributed by atoms with Crippen molar-refractivity contribution in [3.05, 3.63) is 30.2 Å². The Morgan fingerprint density at radius 3 is 2.48 bits per heavy atom. The SMILES string of the molecule is NC(=O)OCCC(C(=O)c1nc2ccccc2o1)C(CC1CCCCC1)C(=O)N1CCCC1. The molecule has 1 saturated carbocycles. The van der Waals surface area contributed by atoms with E-state index in [0.29, 0.717) is 23.4 Å². The predicted octanol–water partition coefficient (Wildman–Crippen LogP) is 4.32. The molecule has 1 saturated heterocycles. The van der Waals surface area contributed by atoms with E-state index in [1.807, 2.05) is 17.0 Å². The fourth-order valence-electron chi connectivity index (χ4n) is 5.33. The number of benzene rings is 1. The van der Waals surface area contributed by atoms with Gasteiger partial charge in [0.05, 0.1) is 6.61 Å². The molecule has 2 atom stereocenters. The van der Waals surface area contributed by atoms with Crippen LogP contribution in [0.5, 0.6) is 0 Å². The van der Waals surface area contributed by atoms with Crippen molar-refractivity contribution < 1.29 is 23.5 Å². The Morgan fingerprint density at radius 2 is 1.79 bits per heavy atom. The maximum Gasteiger partial charge on any atom is 0.404 e. The molecule has 2 fully saturated rings. The molecule has 2 aliphatic rings. The van der Waals surface area contributed by atoms with E-state index in [9.17, 15) is 14.4 Å². The normalized spacial score (nSPS) is 18.8. The number of fused-ring (bicyclic) bond motifs is 1. The minimum atomic E-state index is -0.891. The average Bonchev–Trinajstić information content (AvgIpc) is 3.50. The Labute approximate surface area is 193 Å². The first kappa shape index (κ1) is 23.3. The number of oxazole rings is 1. The van der Waals surface area contributed by atoms with Crippen LogP contribution in [-0.2, 0) is 9.53 Å². The lowest BCUT2D eigenvalue weighted by atomic mass is 9.75. The number of nitrogens with zero attached hydrogens (tertiary/aromatic N) is 2. The van der Waals surface area contributed by atoms with Crippen molar-refractivity contribution in [3.63, 3.8) is 0 Å². The number of ketones is 1. The van der Waals surface area contributed by atoms with E-state index in [1.165, 1.54) is 6.42 Å². The van der Waals surface area contributed by atoms with Gasteiger partial charge in [-0.2, -0.15) is 0 Å². The molecule has 33 heavy (non-hydrogen) atoms. The van der Waals surface area contributed by atoms with Crippen LogP contribution in [0.3, 0.4) is 0 Å². The number of Topliss-reactive ketones (excluding diaryl/α,β-unsaturated/α-hetero) is 1. The van der Waals surface area contributed by atoms with E-state index < -0.39 is 17.9 Å². The summed E-state index contributed by atoms with van der Waals surface area (Å²) in [6.07, 6.45) is 7.62. The lowest BCUT2D eigenvalue weighted by Gasteiger charge is -2.32. The van der Waals surface area contributed by atoms with Gasteiger partial charge in [-0.25, -0.2) is 9.78 Å². The maximum absolute atomic E-state index is 13.7. The van der Waals surface area contributed by atoms with Crippen molar-refractivity contribution in [1.29, 1.82) is 0 Å². The molecule has 1 aromatic heterocycles. The van der Waals surface area contributed by atoms with E-state index >= 15 is 0 Å². The Balaban J connectivity index is 1.63. The average molecular weight is 456 g/mol. The van der Waals surface area contributed by atoms with Gasteiger partial charge in [0.1, 0.15) is 5.52 Å². The van der Waals surface area contributed by atoms with Crippen LogP contribution in [0, 0.1) is 17.8 Å². The molecule has 0 bridgehead atoms. The van der Waals surface area contributed by atoms with E-state index in [0.717, 1.165) is 51.6 Å². The van der Waals surface area contributed by atoms with Gasteiger partial charge in [0.2, 0.25) is 11.7 Å². The summed E-state index contributed by atoms with van der Waals surface area (Å²) in [5, 5.41) is 0. The Hall–Kier alpha value is -2.90. The topological polar surface area (TPSA) is 116 Å². The number of hydrogen-bond donors (Lipinski definition) is 1. The Morgan fingerprint density at radius 1 is 1.06 bits per heavy atom. The highest BCUT2D eigenvalue weighted by Crippen LogP contribution is 2.36. The first-order valence-corrected chi connectivity index (χ1v) is 12.1. The zero-order chi connectivity index (χ0) is 23.2. The van der Waals surface area contributed by atoms with Gasteiger partial charge in [-0.3, -0.25) is 9.59 Å². The highest BCUT2D eigenvalue weighted by atomic mass is 16.5. The van der Waals surface area contributed by atoms with Crippen LogP contribution in [-0.4, -0.2) is 47.4 Å². The molecule has 0 radical (unpaired) electrons. The minimum Gasteiger partial charge on any atom is -0.450 e. The molecule has 2 unspecified atom stereocenters. The van der Waals surface area contributed by atoms with E-state index in [2.05, 4.69) is 4.98 Å². The highest BCUT2D eigenvalue weighted by molar-refractivity contribution is 5.98. The van der Waals surface area contributed by atoms with E-state index in [4.69, 9.17) is 14.9 Å². The van der Waals surface area contributed by atoms with E-state index in [1.54, 1.807) is 12.1 Å². The van der Waals surface area contributed by atoms with Crippen molar-refractivity contribution in [3.8, 4) is 0 Å². The smallest absolute Gasteiger partial charge is 0.404 e. The van der Waals surface area contributed by atoms with Gasteiger partial charge < -0.3 is 19.8 Å². The molecule has 2 heterocycles. The molecule has 8 nitrogen and oxygen atoms in total. The fourth-order valence-corrected chi connectivity index (χ4v) is 5.33. The molecule has 2 amide bonds. The monoisotopic (exact) mass is 455 g/mol. The summed E-state index contributed by atoms with van der Waals surface area (Å²) in [6.45, 7) is 1.42. The number of carbonyl (C=O) groups is 3. The number of ether oxygens (including phenoxy) is 1. The minimum absolute atomic E-state index is 0.00291. The summed E-state index contributed by atoms with van der Waals surface area (Å²) in [6, 6.07) is 7.21. The lowest BCUT2D eigenvalue weighted by Crippen LogP contribution is -2.41. The molecular weight excluding hydrogens is 422 g/mol. The Bertz CT molecular complexity index is 942. The molecule has 1 aliphatic carbocycles. The van der Waals surface area contributed by atoms with Gasteiger partial charge in [-0.1, -0.05) is 44.2 Å². The van der Waals surface area contributed by atoms with Crippen LogP contribution >= 0.6 is 0 Å². The largest absolute Gasteiger partial charge is 0.450 e. The number of amides is 2. The first-order valence-electron chi connectivity index (χ1n) is 12.1. The quantitative estimate of drug-likeness (QED) is 0.563. The van der Waals surface area contributed by atoms with Crippen LogP contribution in [0.15, 0.2) is 28.7 Å². The second kappa shape index (κ2) is 10.8. The van der Waals surface area contributed by atoms with Crippen LogP contribution in [0.2, 0.25) is 0 Å². The van der Waals surface area contributed by atoms with Gasteiger partial charge >= 0.3 is 6.09 Å². The van der Waals surface area contributed by atoms with Gasteiger partial charge in [0.15, 0.2) is 5.58 Å². The van der Waals surface area contributed by atoms with Gasteiger partial charge in [0.25, 0.3) is 5.89 Å². The number of rotatable bonds is 9. The molecule has 2 aromatic rings. The molecule has 4 rings (SSSR count). The number of nitrogens with two attached hydrogens (primary N) is 1. The number of para-hydroxylation sites is 2. The third-order valence-corrected chi connectivity index (χ3v) is 7.05. The van der Waals surface area contributed by atoms with Crippen molar-refractivity contribution in [2.45, 2.75) is 57.8 Å². The number of aromatic nitrogens is 1. The summed E-state index contributed by atoms with van der Waals surface area (Å²) in [5.41, 5.74) is 6.28. The third kappa shape index (κ3) is 5.72. The summed E-state index contributed by atoms with van der Waals surface area (Å²) in [4.78, 5) is 44.8. The second-order valence-electron chi connectivity index (χ2n) is 9.29. The summed E-state index contributed by atoms with van der Waals surface area (Å²) < 4.78 is 10.7. The summed E-state index contributed by atoms with van der Waals surface area (Å²) >= 11 is 0. The van der Waals surface area contributed by atoms with E-state index in [-0.39, 0.29) is 30.6 Å². The fraction of sp³-hybridized carbons (Fsp3) is 0.600. The van der Waals surface area contributed by atoms with Gasteiger partial charge in [0, 0.05) is 24.9 Å². The lowest BCUT2D eigenvalue weighted by molar-refractivity contribution is -0.136.